The second-order valence-electron chi connectivity index (χ2n) is 11.1. The van der Waals surface area contributed by atoms with E-state index in [4.69, 9.17) is 25.0 Å². The predicted octanol–water partition coefficient (Wildman–Crippen LogP) is 2.96. The number of rotatable bonds is 5. The van der Waals surface area contributed by atoms with E-state index in [0.29, 0.717) is 50.5 Å². The van der Waals surface area contributed by atoms with Crippen molar-refractivity contribution in [2.75, 3.05) is 7.11 Å². The Hall–Kier alpha value is -4.02. The number of aryl methyl sites for hydroxylation is 1. The van der Waals surface area contributed by atoms with E-state index in [2.05, 4.69) is 6.58 Å². The van der Waals surface area contributed by atoms with Crippen molar-refractivity contribution in [2.24, 2.45) is 17.8 Å². The van der Waals surface area contributed by atoms with Gasteiger partial charge in [-0.3, -0.25) is 14.4 Å². The molecule has 0 unspecified atom stereocenters. The topological polar surface area (TPSA) is 137 Å². The number of ether oxygens (including phenoxy) is 1. The zero-order valence-corrected chi connectivity index (χ0v) is 26.2. The Balaban J connectivity index is 0.00000368. The van der Waals surface area contributed by atoms with E-state index in [0.717, 1.165) is 27.7 Å². The first kappa shape index (κ1) is 30.4. The summed E-state index contributed by atoms with van der Waals surface area (Å²) in [5, 5.41) is 16.0. The molecule has 0 amide bonds. The maximum absolute atomic E-state index is 13.8. The molecular weight excluding hydrogens is 557 g/mol. The maximum atomic E-state index is 13.8. The Kier molecular flexibility index (Phi) is 7.95. The normalized spacial score (nSPS) is 24.5. The minimum Gasteiger partial charge on any atom is -0.664 e. The Morgan fingerprint density at radius 1 is 1.05 bits per heavy atom. The molecular formula is C33H30MgN4O5-2. The first-order valence-electron chi connectivity index (χ1n) is 13.9. The van der Waals surface area contributed by atoms with Gasteiger partial charge in [-0.05, 0) is 44.6 Å². The van der Waals surface area contributed by atoms with Gasteiger partial charge >= 0.3 is 35.0 Å². The zero-order valence-electron chi connectivity index (χ0n) is 24.8. The summed E-state index contributed by atoms with van der Waals surface area (Å²) in [5.41, 5.74) is 7.79. The molecule has 0 saturated carbocycles. The van der Waals surface area contributed by atoms with Crippen molar-refractivity contribution >= 4 is 70.7 Å². The smallest absolute Gasteiger partial charge is 0.664 e. The summed E-state index contributed by atoms with van der Waals surface area (Å²) >= 11 is 0. The van der Waals surface area contributed by atoms with Crippen LogP contribution in [-0.4, -0.2) is 53.0 Å². The van der Waals surface area contributed by atoms with Crippen LogP contribution in [0.2, 0.25) is 0 Å². The summed E-state index contributed by atoms with van der Waals surface area (Å²) in [6.45, 7) is 11.7. The van der Waals surface area contributed by atoms with Gasteiger partial charge in [0, 0.05) is 12.0 Å². The summed E-state index contributed by atoms with van der Waals surface area (Å²) in [6.07, 6.45) is 7.63. The van der Waals surface area contributed by atoms with Crippen molar-refractivity contribution < 1.29 is 24.2 Å². The quantitative estimate of drug-likeness (QED) is 0.274. The largest absolute Gasteiger partial charge is 2.00 e. The van der Waals surface area contributed by atoms with Gasteiger partial charge in [-0.1, -0.05) is 66.1 Å². The Morgan fingerprint density at radius 3 is 2.44 bits per heavy atom. The summed E-state index contributed by atoms with van der Waals surface area (Å²) < 4.78 is 5.08. The number of carbonyl (C=O) groups excluding carboxylic acids is 2. The molecule has 9 nitrogen and oxygen atoms in total. The molecule has 3 aromatic heterocycles. The van der Waals surface area contributed by atoms with Crippen LogP contribution in [-0.2, 0) is 14.3 Å². The fourth-order valence-corrected chi connectivity index (χ4v) is 6.38. The maximum Gasteiger partial charge on any atom is 2.00 e. The van der Waals surface area contributed by atoms with Crippen LogP contribution in [0.1, 0.15) is 75.2 Å². The molecule has 3 atom stereocenters. The van der Waals surface area contributed by atoms with E-state index in [1.54, 1.807) is 6.08 Å². The molecule has 43 heavy (non-hydrogen) atoms. The molecule has 8 bridgehead atoms. The van der Waals surface area contributed by atoms with Crippen molar-refractivity contribution in [1.29, 1.82) is 0 Å². The third-order valence-corrected chi connectivity index (χ3v) is 8.70. The molecule has 10 heteroatoms. The minimum absolute atomic E-state index is 0. The van der Waals surface area contributed by atoms with Crippen LogP contribution in [0.4, 0.5) is 0 Å². The number of methoxy groups -OCH3 is 1. The summed E-state index contributed by atoms with van der Waals surface area (Å²) in [6, 6.07) is 1.95. The fourth-order valence-electron chi connectivity index (χ4n) is 6.38. The van der Waals surface area contributed by atoms with Gasteiger partial charge in [-0.15, -0.1) is 33.5 Å². The molecule has 0 spiro atoms. The first-order chi connectivity index (χ1) is 20.0. The molecule has 3 aromatic rings. The molecule has 6 rings (SSSR count). The molecule has 5 heterocycles. The fraction of sp³-hybridized carbons (Fsp3) is 0.303. The van der Waals surface area contributed by atoms with Crippen LogP contribution in [0.5, 0.6) is 0 Å². The Bertz CT molecular complexity index is 1900. The van der Waals surface area contributed by atoms with Crippen molar-refractivity contribution in [3.05, 3.63) is 90.6 Å². The molecule has 1 saturated heterocycles. The Labute approximate surface area is 265 Å². The van der Waals surface area contributed by atoms with Crippen LogP contribution < -0.4 is 25.7 Å². The van der Waals surface area contributed by atoms with E-state index >= 15 is 0 Å². The second kappa shape index (κ2) is 11.2. The Morgan fingerprint density at radius 2 is 1.77 bits per heavy atom. The van der Waals surface area contributed by atoms with Gasteiger partial charge < -0.3 is 30.1 Å². The number of aliphatic carboxylic acids is 1. The molecule has 1 aliphatic carbocycles. The van der Waals surface area contributed by atoms with Gasteiger partial charge in [0.15, 0.2) is 5.78 Å². The van der Waals surface area contributed by atoms with Crippen LogP contribution in [0.15, 0.2) is 24.0 Å². The minimum atomic E-state index is -1.23. The van der Waals surface area contributed by atoms with E-state index in [1.165, 1.54) is 7.11 Å². The van der Waals surface area contributed by atoms with E-state index in [9.17, 15) is 19.5 Å². The molecule has 2 aliphatic heterocycles. The number of carbonyl (C=O) groups is 3. The number of hydrogen-bond acceptors (Lipinski definition) is 4. The SMILES string of the molecule is C=Cc1c2[n-]c(c1C)/C=C1\[N-]/C(=C3\c4[n-]c(c(C)c4C(=O)[C@@H]3C(=O)OC)/C=c3/cc(C)/c([n-]3)=C/2)[C@@H](CCC(=O)O)[C@@H]1C.[Mg+2]. The number of ketones is 1. The average molecular weight is 587 g/mol. The number of hydrogen-bond donors (Lipinski definition) is 1. The van der Waals surface area contributed by atoms with Crippen LogP contribution >= 0.6 is 0 Å². The average Bonchev–Trinajstić information content (AvgIpc) is 3.69. The van der Waals surface area contributed by atoms with Gasteiger partial charge in [0.1, 0.15) is 5.92 Å². The third-order valence-electron chi connectivity index (χ3n) is 8.70. The predicted molar refractivity (Wildman–Crippen MR) is 163 cm³/mol. The summed E-state index contributed by atoms with van der Waals surface area (Å²) in [5.74, 6) is -3.82. The van der Waals surface area contributed by atoms with Crippen molar-refractivity contribution in [1.82, 2.24) is 15.0 Å². The van der Waals surface area contributed by atoms with Gasteiger partial charge in [0.2, 0.25) is 0 Å². The van der Waals surface area contributed by atoms with Gasteiger partial charge in [0.25, 0.3) is 0 Å². The van der Waals surface area contributed by atoms with Gasteiger partial charge in [0.05, 0.1) is 7.11 Å². The van der Waals surface area contributed by atoms with Crippen LogP contribution in [0, 0.1) is 38.5 Å². The standard InChI is InChI=1S/C33H32N4O5.Mg/c1-7-19-15(3)23-13-24-16(4)20(8-9-26(38)39)30(36-24)28-29(33(41)42-6)32(40)27-17(5)22(37-31(27)28)11-18-10-14(2)21(34-18)12-25(19)35-23;/h7,10-13,16,20,29H,1,8-9H2,2-6H3,(H3,36,37,38,39,40);/q-2;+2/p-2/b18-11-,21-12-,24-13-;/t16-,20-,29+;/m0./s1. The number of Topliss-reactive ketones (excluding diaryl/α,β-unsaturated/α-hetero) is 1. The molecule has 1 fully saturated rings. The number of nitrogens with zero attached hydrogens (tertiary/aromatic N) is 4. The third kappa shape index (κ3) is 4.82. The molecule has 3 aliphatic rings. The first-order valence-corrected chi connectivity index (χ1v) is 13.9. The molecule has 216 valence electrons. The van der Waals surface area contributed by atoms with E-state index in [1.807, 2.05) is 52.0 Å². The summed E-state index contributed by atoms with van der Waals surface area (Å²) in [4.78, 5) is 53.2. The number of carboxylic acid groups (broad SMARTS) is 1. The molecule has 0 radical (unpaired) electrons. The van der Waals surface area contributed by atoms with Gasteiger partial charge in [-0.2, -0.15) is 11.4 Å². The number of esters is 1. The van der Waals surface area contributed by atoms with Crippen LogP contribution in [0.25, 0.3) is 35.2 Å². The zero-order chi connectivity index (χ0) is 30.0. The van der Waals surface area contributed by atoms with E-state index in [-0.39, 0.29) is 47.7 Å². The number of aromatic nitrogens is 3. The van der Waals surface area contributed by atoms with Crippen molar-refractivity contribution in [2.45, 2.75) is 40.5 Å². The van der Waals surface area contributed by atoms with Crippen molar-refractivity contribution in [3.63, 3.8) is 0 Å². The number of fused-ring (bicyclic) bond motifs is 7. The number of carboxylic acids is 1. The summed E-state index contributed by atoms with van der Waals surface area (Å²) in [7, 11) is 1.25. The molecule has 0 aromatic carbocycles. The molecule has 1 N–H and O–H groups in total. The second-order valence-corrected chi connectivity index (χ2v) is 11.1. The monoisotopic (exact) mass is 586 g/mol. The van der Waals surface area contributed by atoms with E-state index < -0.39 is 23.6 Å². The van der Waals surface area contributed by atoms with Gasteiger partial charge in [-0.25, -0.2) is 0 Å². The van der Waals surface area contributed by atoms with Crippen molar-refractivity contribution in [3.8, 4) is 0 Å². The van der Waals surface area contributed by atoms with Crippen LogP contribution in [0.3, 0.4) is 0 Å². The number of allylic oxidation sites excluding steroid dienone is 2.